The van der Waals surface area contributed by atoms with Gasteiger partial charge in [0.05, 0.1) is 14.2 Å². The van der Waals surface area contributed by atoms with Crippen molar-refractivity contribution in [3.8, 4) is 11.5 Å². The number of pyridine rings is 1. The number of nitrogens with one attached hydrogen (secondary N) is 2. The van der Waals surface area contributed by atoms with Crippen LogP contribution < -0.4 is 20.1 Å². The maximum Gasteiger partial charge on any atom is 0.251 e. The molecule has 0 bridgehead atoms. The second kappa shape index (κ2) is 8.71. The van der Waals surface area contributed by atoms with E-state index in [-0.39, 0.29) is 5.91 Å². The average molecular weight is 363 g/mol. The van der Waals surface area contributed by atoms with E-state index in [0.29, 0.717) is 17.9 Å². The van der Waals surface area contributed by atoms with Gasteiger partial charge in [-0.1, -0.05) is 24.3 Å². The standard InChI is InChI=1S/C21H21N3O3/c1-26-18-8-5-7-17(13-18)24-20-12-15(10-11-22-20)21(25)23-14-16-6-3-4-9-19(16)27-2/h3-13H,14H2,1-2H3,(H,22,24)(H,23,25). The first-order valence-corrected chi connectivity index (χ1v) is 8.47. The van der Waals surface area contributed by atoms with Crippen molar-refractivity contribution in [3.05, 3.63) is 78.0 Å². The minimum absolute atomic E-state index is 0.183. The molecule has 0 radical (unpaired) electrons. The predicted octanol–water partition coefficient (Wildman–Crippen LogP) is 3.77. The highest BCUT2D eigenvalue weighted by molar-refractivity contribution is 5.94. The number of nitrogens with zero attached hydrogens (tertiary/aromatic N) is 1. The van der Waals surface area contributed by atoms with Crippen LogP contribution in [-0.4, -0.2) is 25.1 Å². The first-order valence-electron chi connectivity index (χ1n) is 8.47. The van der Waals surface area contributed by atoms with Crippen molar-refractivity contribution in [2.75, 3.05) is 19.5 Å². The fraction of sp³-hybridized carbons (Fsp3) is 0.143. The van der Waals surface area contributed by atoms with Crippen LogP contribution in [0, 0.1) is 0 Å². The molecular weight excluding hydrogens is 342 g/mol. The van der Waals surface area contributed by atoms with Crippen LogP contribution in [0.4, 0.5) is 11.5 Å². The van der Waals surface area contributed by atoms with E-state index in [9.17, 15) is 4.79 Å². The Bertz CT molecular complexity index is 928. The van der Waals surface area contributed by atoms with Crippen molar-refractivity contribution in [2.45, 2.75) is 6.54 Å². The van der Waals surface area contributed by atoms with Crippen LogP contribution >= 0.6 is 0 Å². The summed E-state index contributed by atoms with van der Waals surface area (Å²) in [4.78, 5) is 16.8. The van der Waals surface area contributed by atoms with Gasteiger partial charge in [-0.2, -0.15) is 0 Å². The molecule has 0 saturated heterocycles. The number of anilines is 2. The molecule has 3 rings (SSSR count). The summed E-state index contributed by atoms with van der Waals surface area (Å²) in [7, 11) is 3.23. The van der Waals surface area contributed by atoms with Crippen LogP contribution in [-0.2, 0) is 6.54 Å². The molecule has 3 aromatic rings. The summed E-state index contributed by atoms with van der Waals surface area (Å²) in [5.74, 6) is 1.88. The van der Waals surface area contributed by atoms with E-state index in [2.05, 4.69) is 15.6 Å². The molecule has 2 aromatic carbocycles. The van der Waals surface area contributed by atoms with Crippen molar-refractivity contribution < 1.29 is 14.3 Å². The molecule has 1 heterocycles. The summed E-state index contributed by atoms with van der Waals surface area (Å²) in [6, 6.07) is 18.5. The molecule has 0 saturated carbocycles. The van der Waals surface area contributed by atoms with Gasteiger partial charge >= 0.3 is 0 Å². The molecule has 27 heavy (non-hydrogen) atoms. The maximum atomic E-state index is 12.5. The molecule has 0 aliphatic rings. The lowest BCUT2D eigenvalue weighted by molar-refractivity contribution is 0.0950. The van der Waals surface area contributed by atoms with E-state index in [4.69, 9.17) is 9.47 Å². The lowest BCUT2D eigenvalue weighted by Gasteiger charge is -2.11. The number of amides is 1. The van der Waals surface area contributed by atoms with Crippen molar-refractivity contribution in [2.24, 2.45) is 0 Å². The van der Waals surface area contributed by atoms with Gasteiger partial charge in [0.25, 0.3) is 5.91 Å². The quantitative estimate of drug-likeness (QED) is 0.668. The summed E-state index contributed by atoms with van der Waals surface area (Å²) in [5, 5.41) is 6.08. The molecule has 2 N–H and O–H groups in total. The summed E-state index contributed by atoms with van der Waals surface area (Å²) >= 11 is 0. The van der Waals surface area contributed by atoms with E-state index in [1.54, 1.807) is 32.5 Å². The number of methoxy groups -OCH3 is 2. The van der Waals surface area contributed by atoms with Gasteiger partial charge in [0.15, 0.2) is 0 Å². The summed E-state index contributed by atoms with van der Waals surface area (Å²) in [6.07, 6.45) is 1.60. The Balaban J connectivity index is 1.68. The van der Waals surface area contributed by atoms with Crippen molar-refractivity contribution in [3.63, 3.8) is 0 Å². The number of ether oxygens (including phenoxy) is 2. The Morgan fingerprint density at radius 3 is 2.67 bits per heavy atom. The van der Waals surface area contributed by atoms with E-state index in [1.165, 1.54) is 0 Å². The number of carbonyl (C=O) groups excluding carboxylic acids is 1. The summed E-state index contributed by atoms with van der Waals surface area (Å²) in [5.41, 5.74) is 2.26. The second-order valence-electron chi connectivity index (χ2n) is 5.78. The average Bonchev–Trinajstić information content (AvgIpc) is 2.72. The molecule has 6 nitrogen and oxygen atoms in total. The van der Waals surface area contributed by atoms with Gasteiger partial charge in [-0.05, 0) is 30.3 Å². The number of aromatic nitrogens is 1. The first-order chi connectivity index (χ1) is 13.2. The lowest BCUT2D eigenvalue weighted by Crippen LogP contribution is -2.23. The zero-order valence-corrected chi connectivity index (χ0v) is 15.2. The molecule has 0 fully saturated rings. The lowest BCUT2D eigenvalue weighted by atomic mass is 10.2. The first kappa shape index (κ1) is 18.3. The SMILES string of the molecule is COc1cccc(Nc2cc(C(=O)NCc3ccccc3OC)ccn2)c1. The number of para-hydroxylation sites is 1. The molecule has 6 heteroatoms. The van der Waals surface area contributed by atoms with Crippen LogP contribution in [0.25, 0.3) is 0 Å². The summed E-state index contributed by atoms with van der Waals surface area (Å²) in [6.45, 7) is 0.379. The zero-order valence-electron chi connectivity index (χ0n) is 15.2. The number of hydrogen-bond acceptors (Lipinski definition) is 5. The fourth-order valence-electron chi connectivity index (χ4n) is 2.62. The molecular formula is C21H21N3O3. The highest BCUT2D eigenvalue weighted by Gasteiger charge is 2.09. The van der Waals surface area contributed by atoms with Crippen molar-refractivity contribution >= 4 is 17.4 Å². The van der Waals surface area contributed by atoms with E-state index >= 15 is 0 Å². The third-order valence-electron chi connectivity index (χ3n) is 4.00. The molecule has 0 atom stereocenters. The normalized spacial score (nSPS) is 10.1. The third-order valence-corrected chi connectivity index (χ3v) is 4.00. The van der Waals surface area contributed by atoms with Crippen LogP contribution in [0.5, 0.6) is 11.5 Å². The Hall–Kier alpha value is -3.54. The van der Waals surface area contributed by atoms with E-state index in [0.717, 1.165) is 22.7 Å². The van der Waals surface area contributed by atoms with Gasteiger partial charge in [0, 0.05) is 35.6 Å². The third kappa shape index (κ3) is 4.76. The topological polar surface area (TPSA) is 72.5 Å². The van der Waals surface area contributed by atoms with Gasteiger partial charge in [-0.3, -0.25) is 4.79 Å². The van der Waals surface area contributed by atoms with Gasteiger partial charge in [0.1, 0.15) is 17.3 Å². The monoisotopic (exact) mass is 363 g/mol. The molecule has 0 aliphatic carbocycles. The number of benzene rings is 2. The van der Waals surface area contributed by atoms with Gasteiger partial charge in [-0.25, -0.2) is 4.98 Å². The second-order valence-corrected chi connectivity index (χ2v) is 5.78. The van der Waals surface area contributed by atoms with Gasteiger partial charge in [-0.15, -0.1) is 0 Å². The largest absolute Gasteiger partial charge is 0.497 e. The van der Waals surface area contributed by atoms with Crippen LogP contribution in [0.3, 0.4) is 0 Å². The van der Waals surface area contributed by atoms with Gasteiger partial charge in [0.2, 0.25) is 0 Å². The van der Waals surface area contributed by atoms with E-state index in [1.807, 2.05) is 48.5 Å². The molecule has 138 valence electrons. The number of carbonyl (C=O) groups is 1. The Morgan fingerprint density at radius 1 is 1.00 bits per heavy atom. The Morgan fingerprint density at radius 2 is 1.85 bits per heavy atom. The van der Waals surface area contributed by atoms with Crippen LogP contribution in [0.15, 0.2) is 66.9 Å². The van der Waals surface area contributed by atoms with Crippen LogP contribution in [0.1, 0.15) is 15.9 Å². The highest BCUT2D eigenvalue weighted by Crippen LogP contribution is 2.21. The molecule has 1 amide bonds. The summed E-state index contributed by atoms with van der Waals surface area (Å²) < 4.78 is 10.5. The number of rotatable bonds is 7. The Labute approximate surface area is 158 Å². The zero-order chi connectivity index (χ0) is 19.1. The minimum Gasteiger partial charge on any atom is -0.497 e. The molecule has 0 aliphatic heterocycles. The minimum atomic E-state index is -0.183. The molecule has 0 unspecified atom stereocenters. The van der Waals surface area contributed by atoms with E-state index < -0.39 is 0 Å². The van der Waals surface area contributed by atoms with Crippen LogP contribution in [0.2, 0.25) is 0 Å². The predicted molar refractivity (Wildman–Crippen MR) is 105 cm³/mol. The highest BCUT2D eigenvalue weighted by atomic mass is 16.5. The Kier molecular flexibility index (Phi) is 5.89. The van der Waals surface area contributed by atoms with Crippen molar-refractivity contribution in [1.29, 1.82) is 0 Å². The molecule has 0 spiro atoms. The maximum absolute atomic E-state index is 12.5. The van der Waals surface area contributed by atoms with Gasteiger partial charge < -0.3 is 20.1 Å². The van der Waals surface area contributed by atoms with Crippen molar-refractivity contribution in [1.82, 2.24) is 10.3 Å². The fourth-order valence-corrected chi connectivity index (χ4v) is 2.62. The number of hydrogen-bond donors (Lipinski definition) is 2. The molecule has 1 aromatic heterocycles. The smallest absolute Gasteiger partial charge is 0.251 e.